The lowest BCUT2D eigenvalue weighted by molar-refractivity contribution is -0.116. The van der Waals surface area contributed by atoms with Crippen LogP contribution >= 0.6 is 23.2 Å². The standard InChI is InChI=1S/C18H18Cl2N2O3/c1-22(18(24)13-5-3-4-12(8-13)11-25-2)10-17(23)21-14-6-7-15(19)16(20)9-14/h3-9H,10-11H2,1-2H3,(H,21,23). The van der Waals surface area contributed by atoms with Crippen LogP contribution in [0.4, 0.5) is 5.69 Å². The molecule has 132 valence electrons. The number of nitrogens with zero attached hydrogens (tertiary/aromatic N) is 1. The minimum atomic E-state index is -0.331. The van der Waals surface area contributed by atoms with Crippen molar-refractivity contribution in [2.45, 2.75) is 6.61 Å². The van der Waals surface area contributed by atoms with Crippen LogP contribution in [0.25, 0.3) is 0 Å². The van der Waals surface area contributed by atoms with Crippen LogP contribution < -0.4 is 5.32 Å². The van der Waals surface area contributed by atoms with Gasteiger partial charge in [-0.2, -0.15) is 0 Å². The number of hydrogen-bond acceptors (Lipinski definition) is 3. The van der Waals surface area contributed by atoms with Gasteiger partial charge in [0.2, 0.25) is 5.91 Å². The van der Waals surface area contributed by atoms with E-state index in [1.807, 2.05) is 6.07 Å². The van der Waals surface area contributed by atoms with E-state index in [2.05, 4.69) is 5.32 Å². The van der Waals surface area contributed by atoms with E-state index >= 15 is 0 Å². The number of ether oxygens (including phenoxy) is 1. The third kappa shape index (κ3) is 5.46. The number of methoxy groups -OCH3 is 1. The van der Waals surface area contributed by atoms with E-state index < -0.39 is 0 Å². The summed E-state index contributed by atoms with van der Waals surface area (Å²) in [6.07, 6.45) is 0. The van der Waals surface area contributed by atoms with Crippen molar-refractivity contribution in [1.29, 1.82) is 0 Å². The van der Waals surface area contributed by atoms with Gasteiger partial charge < -0.3 is 15.0 Å². The number of amides is 2. The van der Waals surface area contributed by atoms with Crippen molar-refractivity contribution in [2.75, 3.05) is 26.0 Å². The Morgan fingerprint density at radius 1 is 1.12 bits per heavy atom. The molecule has 0 fully saturated rings. The van der Waals surface area contributed by atoms with Crippen molar-refractivity contribution in [3.8, 4) is 0 Å². The fraction of sp³-hybridized carbons (Fsp3) is 0.222. The molecule has 5 nitrogen and oxygen atoms in total. The second-order valence-corrected chi connectivity index (χ2v) is 6.29. The molecule has 0 bridgehead atoms. The lowest BCUT2D eigenvalue weighted by Crippen LogP contribution is -2.35. The Hall–Kier alpha value is -2.08. The number of anilines is 1. The van der Waals surface area contributed by atoms with Crippen molar-refractivity contribution in [2.24, 2.45) is 0 Å². The van der Waals surface area contributed by atoms with Gasteiger partial charge in [0.1, 0.15) is 0 Å². The average Bonchev–Trinajstić information content (AvgIpc) is 2.58. The highest BCUT2D eigenvalue weighted by molar-refractivity contribution is 6.42. The third-order valence-corrected chi connectivity index (χ3v) is 4.15. The van der Waals surface area contributed by atoms with Crippen LogP contribution in [0.5, 0.6) is 0 Å². The van der Waals surface area contributed by atoms with Gasteiger partial charge in [-0.15, -0.1) is 0 Å². The lowest BCUT2D eigenvalue weighted by Gasteiger charge is -2.17. The molecule has 0 radical (unpaired) electrons. The van der Waals surface area contributed by atoms with Crippen molar-refractivity contribution < 1.29 is 14.3 Å². The second-order valence-electron chi connectivity index (χ2n) is 5.47. The summed E-state index contributed by atoms with van der Waals surface area (Å²) in [5.74, 6) is -0.579. The number of hydrogen-bond donors (Lipinski definition) is 1. The molecule has 0 unspecified atom stereocenters. The zero-order chi connectivity index (χ0) is 18.4. The monoisotopic (exact) mass is 380 g/mol. The van der Waals surface area contributed by atoms with Crippen LogP contribution in [0.2, 0.25) is 10.0 Å². The number of carbonyl (C=O) groups excluding carboxylic acids is 2. The molecular weight excluding hydrogens is 363 g/mol. The van der Waals surface area contributed by atoms with Gasteiger partial charge in [0, 0.05) is 25.4 Å². The van der Waals surface area contributed by atoms with Gasteiger partial charge >= 0.3 is 0 Å². The minimum absolute atomic E-state index is 0.0897. The van der Waals surface area contributed by atoms with Crippen LogP contribution in [-0.2, 0) is 16.1 Å². The number of rotatable bonds is 6. The molecule has 1 N–H and O–H groups in total. The molecular formula is C18H18Cl2N2O3. The summed E-state index contributed by atoms with van der Waals surface area (Å²) in [6, 6.07) is 11.9. The first-order valence-electron chi connectivity index (χ1n) is 7.49. The predicted octanol–water partition coefficient (Wildman–Crippen LogP) is 3.85. The summed E-state index contributed by atoms with van der Waals surface area (Å²) < 4.78 is 5.06. The van der Waals surface area contributed by atoms with E-state index in [9.17, 15) is 9.59 Å². The highest BCUT2D eigenvalue weighted by Gasteiger charge is 2.15. The Morgan fingerprint density at radius 2 is 1.88 bits per heavy atom. The molecule has 0 aliphatic carbocycles. The molecule has 0 saturated carbocycles. The zero-order valence-corrected chi connectivity index (χ0v) is 15.4. The lowest BCUT2D eigenvalue weighted by atomic mass is 10.1. The topological polar surface area (TPSA) is 58.6 Å². The first-order chi connectivity index (χ1) is 11.9. The maximum atomic E-state index is 12.5. The molecule has 0 spiro atoms. The maximum absolute atomic E-state index is 12.5. The van der Waals surface area contributed by atoms with Crippen LogP contribution in [0, 0.1) is 0 Å². The molecule has 25 heavy (non-hydrogen) atoms. The molecule has 2 rings (SSSR count). The summed E-state index contributed by atoms with van der Waals surface area (Å²) in [4.78, 5) is 25.9. The largest absolute Gasteiger partial charge is 0.380 e. The Labute approximate surface area is 156 Å². The van der Waals surface area contributed by atoms with Gasteiger partial charge in [-0.05, 0) is 35.9 Å². The van der Waals surface area contributed by atoms with Crippen LogP contribution in [0.1, 0.15) is 15.9 Å². The molecule has 0 aromatic heterocycles. The normalized spacial score (nSPS) is 10.4. The molecule has 0 heterocycles. The second kappa shape index (κ2) is 8.85. The summed E-state index contributed by atoms with van der Waals surface area (Å²) >= 11 is 11.8. The van der Waals surface area contributed by atoms with Gasteiger partial charge in [-0.3, -0.25) is 9.59 Å². The molecule has 2 amide bonds. The number of carbonyl (C=O) groups is 2. The van der Waals surface area contributed by atoms with Gasteiger partial charge in [0.05, 0.1) is 23.2 Å². The maximum Gasteiger partial charge on any atom is 0.254 e. The Morgan fingerprint density at radius 3 is 2.56 bits per heavy atom. The fourth-order valence-electron chi connectivity index (χ4n) is 2.24. The average molecular weight is 381 g/mol. The van der Waals surface area contributed by atoms with Crippen molar-refractivity contribution >= 4 is 40.7 Å². The molecule has 2 aromatic carbocycles. The SMILES string of the molecule is COCc1cccc(C(=O)N(C)CC(=O)Nc2ccc(Cl)c(Cl)c2)c1. The summed E-state index contributed by atoms with van der Waals surface area (Å²) in [5, 5.41) is 3.43. The molecule has 0 aliphatic heterocycles. The van der Waals surface area contributed by atoms with Gasteiger partial charge in [0.25, 0.3) is 5.91 Å². The summed E-state index contributed by atoms with van der Waals surface area (Å²) in [6.45, 7) is 0.330. The predicted molar refractivity (Wildman–Crippen MR) is 99.2 cm³/mol. The van der Waals surface area contributed by atoms with E-state index in [-0.39, 0.29) is 18.4 Å². The van der Waals surface area contributed by atoms with Crippen LogP contribution in [-0.4, -0.2) is 37.4 Å². The summed E-state index contributed by atoms with van der Waals surface area (Å²) in [7, 11) is 3.16. The van der Waals surface area contributed by atoms with E-state index in [1.54, 1.807) is 50.6 Å². The van der Waals surface area contributed by atoms with E-state index in [4.69, 9.17) is 27.9 Å². The van der Waals surface area contributed by atoms with Crippen LogP contribution in [0.15, 0.2) is 42.5 Å². The fourth-order valence-corrected chi connectivity index (χ4v) is 2.54. The third-order valence-electron chi connectivity index (χ3n) is 3.42. The summed E-state index contributed by atoms with van der Waals surface area (Å²) in [5.41, 5.74) is 1.91. The number of benzene rings is 2. The van der Waals surface area contributed by atoms with Crippen LogP contribution in [0.3, 0.4) is 0 Å². The Balaban J connectivity index is 1.99. The highest BCUT2D eigenvalue weighted by Crippen LogP contribution is 2.24. The van der Waals surface area contributed by atoms with E-state index in [1.165, 1.54) is 4.90 Å². The molecule has 0 saturated heterocycles. The molecule has 0 atom stereocenters. The van der Waals surface area contributed by atoms with E-state index in [0.29, 0.717) is 27.9 Å². The number of nitrogens with one attached hydrogen (secondary N) is 1. The number of halogens is 2. The van der Waals surface area contributed by atoms with Gasteiger partial charge in [-0.25, -0.2) is 0 Å². The minimum Gasteiger partial charge on any atom is -0.380 e. The van der Waals surface area contributed by atoms with Gasteiger partial charge in [0.15, 0.2) is 0 Å². The van der Waals surface area contributed by atoms with E-state index in [0.717, 1.165) is 5.56 Å². The first-order valence-corrected chi connectivity index (χ1v) is 8.24. The molecule has 7 heteroatoms. The quantitative estimate of drug-likeness (QED) is 0.827. The van der Waals surface area contributed by atoms with Gasteiger partial charge in [-0.1, -0.05) is 35.3 Å². The number of likely N-dealkylation sites (N-methyl/N-ethyl adjacent to an activating group) is 1. The smallest absolute Gasteiger partial charge is 0.254 e. The van der Waals surface area contributed by atoms with Crippen molar-refractivity contribution in [3.05, 3.63) is 63.6 Å². The first kappa shape index (κ1) is 19.2. The molecule has 2 aromatic rings. The van der Waals surface area contributed by atoms with Crippen molar-refractivity contribution in [1.82, 2.24) is 4.90 Å². The Kier molecular flexibility index (Phi) is 6.82. The zero-order valence-electron chi connectivity index (χ0n) is 13.9. The highest BCUT2D eigenvalue weighted by atomic mass is 35.5. The molecule has 0 aliphatic rings. The van der Waals surface area contributed by atoms with Crippen molar-refractivity contribution in [3.63, 3.8) is 0 Å². The Bertz CT molecular complexity index is 781.